The van der Waals surface area contributed by atoms with Crippen LogP contribution in [-0.2, 0) is 4.74 Å². The van der Waals surface area contributed by atoms with E-state index in [1.807, 2.05) is 13.8 Å². The predicted molar refractivity (Wildman–Crippen MR) is 66.7 cm³/mol. The lowest BCUT2D eigenvalue weighted by atomic mass is 9.95. The molecule has 0 bridgehead atoms. The van der Waals surface area contributed by atoms with Crippen molar-refractivity contribution in [1.29, 1.82) is 0 Å². The molecule has 0 aliphatic rings. The van der Waals surface area contributed by atoms with E-state index in [0.717, 1.165) is 12.1 Å². The van der Waals surface area contributed by atoms with Crippen LogP contribution in [0.2, 0.25) is 0 Å². The fourth-order valence-electron chi connectivity index (χ4n) is 1.72. The van der Waals surface area contributed by atoms with Crippen molar-refractivity contribution in [3.8, 4) is 0 Å². The molecule has 1 rings (SSSR count). The number of hydrogen-bond donors (Lipinski definition) is 2. The van der Waals surface area contributed by atoms with Gasteiger partial charge in [0.1, 0.15) is 0 Å². The van der Waals surface area contributed by atoms with Crippen LogP contribution in [0.1, 0.15) is 38.3 Å². The molecule has 0 aliphatic carbocycles. The molecule has 0 fully saturated rings. The second-order valence-corrected chi connectivity index (χ2v) is 5.02. The second-order valence-electron chi connectivity index (χ2n) is 5.02. The Hall–Kier alpha value is -1.11. The summed E-state index contributed by atoms with van der Waals surface area (Å²) >= 11 is 0. The first-order chi connectivity index (χ1) is 8.80. The molecule has 1 atom stereocenters. The summed E-state index contributed by atoms with van der Waals surface area (Å²) in [6.45, 7) is 3.79. The van der Waals surface area contributed by atoms with Gasteiger partial charge in [-0.05, 0) is 44.4 Å². The molecule has 19 heavy (non-hydrogen) atoms. The van der Waals surface area contributed by atoms with Gasteiger partial charge in [-0.2, -0.15) is 0 Å². The third kappa shape index (κ3) is 4.19. The van der Waals surface area contributed by atoms with Crippen LogP contribution < -0.4 is 11.3 Å². The molecule has 0 spiro atoms. The maximum atomic E-state index is 13.2. The Balaban J connectivity index is 2.86. The summed E-state index contributed by atoms with van der Waals surface area (Å²) in [5.74, 6) is 1.47. The molecule has 0 aromatic heterocycles. The van der Waals surface area contributed by atoms with E-state index in [9.17, 15) is 13.2 Å². The fourth-order valence-corrected chi connectivity index (χ4v) is 1.72. The minimum Gasteiger partial charge on any atom is -0.379 e. The van der Waals surface area contributed by atoms with Crippen LogP contribution in [0, 0.1) is 17.5 Å². The zero-order valence-electron chi connectivity index (χ0n) is 11.3. The molecule has 0 saturated heterocycles. The zero-order chi connectivity index (χ0) is 14.6. The quantitative estimate of drug-likeness (QED) is 0.477. The topological polar surface area (TPSA) is 47.3 Å². The lowest BCUT2D eigenvalue weighted by molar-refractivity contribution is 0.0116. The fraction of sp³-hybridized carbons (Fsp3) is 0.538. The van der Waals surface area contributed by atoms with Crippen LogP contribution in [0.5, 0.6) is 0 Å². The number of nitrogens with two attached hydrogens (primary N) is 1. The van der Waals surface area contributed by atoms with E-state index in [2.05, 4.69) is 5.43 Å². The van der Waals surface area contributed by atoms with Gasteiger partial charge in [0.15, 0.2) is 17.5 Å². The van der Waals surface area contributed by atoms with Crippen LogP contribution in [0.4, 0.5) is 13.2 Å². The number of benzene rings is 1. The van der Waals surface area contributed by atoms with E-state index in [4.69, 9.17) is 10.6 Å². The molecule has 3 nitrogen and oxygen atoms in total. The first-order valence-electron chi connectivity index (χ1n) is 5.96. The van der Waals surface area contributed by atoms with Crippen molar-refractivity contribution in [3.63, 3.8) is 0 Å². The van der Waals surface area contributed by atoms with E-state index in [1.54, 1.807) is 7.11 Å². The standard InChI is InChI=1S/C13H19F3N2O/c1-13(2,19-3)5-4-11(18-17)8-6-9(14)12(16)10(15)7-8/h6-7,11,18H,4-5,17H2,1-3H3. The van der Waals surface area contributed by atoms with E-state index >= 15 is 0 Å². The van der Waals surface area contributed by atoms with Crippen molar-refractivity contribution in [2.75, 3.05) is 7.11 Å². The summed E-state index contributed by atoms with van der Waals surface area (Å²) in [4.78, 5) is 0. The van der Waals surface area contributed by atoms with Crippen LogP contribution in [0.15, 0.2) is 12.1 Å². The Morgan fingerprint density at radius 3 is 2.21 bits per heavy atom. The molecule has 1 unspecified atom stereocenters. The van der Waals surface area contributed by atoms with Crippen LogP contribution in [0.25, 0.3) is 0 Å². The molecule has 1 aromatic carbocycles. The van der Waals surface area contributed by atoms with Crippen LogP contribution >= 0.6 is 0 Å². The highest BCUT2D eigenvalue weighted by Gasteiger charge is 2.21. The summed E-state index contributed by atoms with van der Waals surface area (Å²) in [7, 11) is 1.59. The van der Waals surface area contributed by atoms with Crippen molar-refractivity contribution in [3.05, 3.63) is 35.1 Å². The summed E-state index contributed by atoms with van der Waals surface area (Å²) in [5, 5.41) is 0. The Labute approximate surface area is 110 Å². The number of methoxy groups -OCH3 is 1. The molecular formula is C13H19F3N2O. The minimum atomic E-state index is -1.48. The molecule has 0 saturated carbocycles. The summed E-state index contributed by atoms with van der Waals surface area (Å²) in [6.07, 6.45) is 1.13. The van der Waals surface area contributed by atoms with E-state index in [1.165, 1.54) is 0 Å². The smallest absolute Gasteiger partial charge is 0.194 e. The van der Waals surface area contributed by atoms with Crippen molar-refractivity contribution in [2.45, 2.75) is 38.3 Å². The van der Waals surface area contributed by atoms with E-state index < -0.39 is 23.5 Å². The van der Waals surface area contributed by atoms with Crippen molar-refractivity contribution < 1.29 is 17.9 Å². The number of hydrogen-bond acceptors (Lipinski definition) is 3. The molecule has 6 heteroatoms. The average Bonchev–Trinajstić information content (AvgIpc) is 2.36. The summed E-state index contributed by atoms with van der Waals surface area (Å²) in [5.41, 5.74) is 2.38. The highest BCUT2D eigenvalue weighted by Crippen LogP contribution is 2.26. The van der Waals surface area contributed by atoms with Gasteiger partial charge in [-0.3, -0.25) is 11.3 Å². The first-order valence-corrected chi connectivity index (χ1v) is 5.96. The molecule has 108 valence electrons. The minimum absolute atomic E-state index is 0.269. The van der Waals surface area contributed by atoms with Gasteiger partial charge in [-0.25, -0.2) is 13.2 Å². The Morgan fingerprint density at radius 1 is 1.26 bits per heavy atom. The second kappa shape index (κ2) is 6.36. The normalized spacial score (nSPS) is 13.6. The first kappa shape index (κ1) is 15.9. The zero-order valence-corrected chi connectivity index (χ0v) is 11.3. The van der Waals surface area contributed by atoms with Gasteiger partial charge in [-0.1, -0.05) is 0 Å². The number of ether oxygens (including phenoxy) is 1. The van der Waals surface area contributed by atoms with Gasteiger partial charge in [0.05, 0.1) is 5.60 Å². The number of hydrazine groups is 1. The van der Waals surface area contributed by atoms with Crippen molar-refractivity contribution in [1.82, 2.24) is 5.43 Å². The lowest BCUT2D eigenvalue weighted by Gasteiger charge is -2.26. The van der Waals surface area contributed by atoms with Gasteiger partial charge < -0.3 is 4.74 Å². The lowest BCUT2D eigenvalue weighted by Crippen LogP contribution is -2.31. The summed E-state index contributed by atoms with van der Waals surface area (Å²) in [6, 6.07) is 1.42. The molecular weight excluding hydrogens is 257 g/mol. The van der Waals surface area contributed by atoms with Gasteiger partial charge >= 0.3 is 0 Å². The molecule has 1 aromatic rings. The average molecular weight is 276 g/mol. The largest absolute Gasteiger partial charge is 0.379 e. The summed E-state index contributed by atoms with van der Waals surface area (Å²) < 4.78 is 44.5. The monoisotopic (exact) mass is 276 g/mol. The van der Waals surface area contributed by atoms with Crippen molar-refractivity contribution >= 4 is 0 Å². The Bertz CT molecular complexity index is 415. The third-order valence-corrected chi connectivity index (χ3v) is 3.20. The van der Waals surface area contributed by atoms with Gasteiger partial charge in [0.2, 0.25) is 0 Å². The Kier molecular flexibility index (Phi) is 5.34. The van der Waals surface area contributed by atoms with E-state index in [-0.39, 0.29) is 11.2 Å². The number of nitrogens with one attached hydrogen (secondary N) is 1. The van der Waals surface area contributed by atoms with Crippen LogP contribution in [-0.4, -0.2) is 12.7 Å². The van der Waals surface area contributed by atoms with E-state index in [0.29, 0.717) is 12.8 Å². The maximum Gasteiger partial charge on any atom is 0.194 e. The predicted octanol–water partition coefficient (Wildman–Crippen LogP) is 2.81. The van der Waals surface area contributed by atoms with Crippen molar-refractivity contribution in [2.24, 2.45) is 5.84 Å². The van der Waals surface area contributed by atoms with Crippen LogP contribution in [0.3, 0.4) is 0 Å². The molecule has 3 N–H and O–H groups in total. The SMILES string of the molecule is COC(C)(C)CCC(NN)c1cc(F)c(F)c(F)c1. The highest BCUT2D eigenvalue weighted by molar-refractivity contribution is 5.22. The molecule has 0 aliphatic heterocycles. The Morgan fingerprint density at radius 2 is 1.79 bits per heavy atom. The maximum absolute atomic E-state index is 13.2. The number of halogens is 3. The van der Waals surface area contributed by atoms with Gasteiger partial charge in [-0.15, -0.1) is 0 Å². The molecule has 0 amide bonds. The molecule has 0 heterocycles. The third-order valence-electron chi connectivity index (χ3n) is 3.20. The highest BCUT2D eigenvalue weighted by atomic mass is 19.2. The van der Waals surface area contributed by atoms with Gasteiger partial charge in [0.25, 0.3) is 0 Å². The number of rotatable bonds is 6. The van der Waals surface area contributed by atoms with Gasteiger partial charge in [0, 0.05) is 13.2 Å². The molecule has 0 radical (unpaired) electrons.